The Morgan fingerprint density at radius 2 is 1.88 bits per heavy atom. The molecule has 1 aromatic carbocycles. The highest BCUT2D eigenvalue weighted by atomic mass is 35.5. The molecule has 0 spiro atoms. The molecule has 1 rings (SSSR count). The van der Waals surface area contributed by atoms with Crippen LogP contribution in [0.2, 0.25) is 5.02 Å². The van der Waals surface area contributed by atoms with E-state index in [1.54, 1.807) is 0 Å². The van der Waals surface area contributed by atoms with Gasteiger partial charge < -0.3 is 15.2 Å². The summed E-state index contributed by atoms with van der Waals surface area (Å²) in [5, 5.41) is 0.714. The fourth-order valence-electron chi connectivity index (χ4n) is 1.58. The lowest BCUT2D eigenvalue weighted by Gasteiger charge is -2.22. The summed E-state index contributed by atoms with van der Waals surface area (Å²) >= 11 is 5.85. The third kappa shape index (κ3) is 5.04. The molecule has 96 valence electrons. The number of rotatable bonds is 7. The molecular weight excluding hydrogens is 238 g/mol. The molecule has 0 aliphatic rings. The van der Waals surface area contributed by atoms with E-state index in [0.717, 1.165) is 5.56 Å². The Bertz CT molecular complexity index is 314. The maximum Gasteiger partial charge on any atom is 0.0974 e. The molecule has 0 saturated carbocycles. The van der Waals surface area contributed by atoms with Crippen LogP contribution >= 0.6 is 11.6 Å². The van der Waals surface area contributed by atoms with Crippen LogP contribution in [0.25, 0.3) is 0 Å². The second-order valence-electron chi connectivity index (χ2n) is 3.90. The number of benzene rings is 1. The molecule has 0 bridgehead atoms. The third-order valence-electron chi connectivity index (χ3n) is 2.41. The van der Waals surface area contributed by atoms with Crippen molar-refractivity contribution in [1.82, 2.24) is 0 Å². The minimum Gasteiger partial charge on any atom is -0.379 e. The first-order valence-corrected chi connectivity index (χ1v) is 6.23. The molecule has 0 aliphatic carbocycles. The van der Waals surface area contributed by atoms with Crippen LogP contribution in [-0.2, 0) is 9.47 Å². The monoisotopic (exact) mass is 257 g/mol. The van der Waals surface area contributed by atoms with Crippen molar-refractivity contribution in [1.29, 1.82) is 0 Å². The third-order valence-corrected chi connectivity index (χ3v) is 2.66. The first kappa shape index (κ1) is 14.5. The predicted octanol–water partition coefficient (Wildman–Crippen LogP) is 2.78. The highest BCUT2D eigenvalue weighted by molar-refractivity contribution is 6.30. The highest BCUT2D eigenvalue weighted by Gasteiger charge is 2.16. The van der Waals surface area contributed by atoms with Crippen molar-refractivity contribution in [2.75, 3.05) is 19.8 Å². The van der Waals surface area contributed by atoms with Crippen molar-refractivity contribution in [3.05, 3.63) is 34.9 Å². The van der Waals surface area contributed by atoms with Crippen molar-refractivity contribution in [3.63, 3.8) is 0 Å². The highest BCUT2D eigenvalue weighted by Crippen LogP contribution is 2.22. The minimum absolute atomic E-state index is 0.0715. The molecule has 0 amide bonds. The van der Waals surface area contributed by atoms with Crippen molar-refractivity contribution < 1.29 is 9.47 Å². The summed E-state index contributed by atoms with van der Waals surface area (Å²) in [4.78, 5) is 0. The average molecular weight is 258 g/mol. The topological polar surface area (TPSA) is 44.5 Å². The number of nitrogens with two attached hydrogens (primary N) is 1. The molecule has 0 fully saturated rings. The van der Waals surface area contributed by atoms with Crippen LogP contribution in [0, 0.1) is 0 Å². The average Bonchev–Trinajstić information content (AvgIpc) is 2.30. The fraction of sp³-hybridized carbons (Fsp3) is 0.538. The van der Waals surface area contributed by atoms with Gasteiger partial charge in [0.15, 0.2) is 0 Å². The SMILES string of the molecule is CCOCCOC(c1ccc(Cl)cc1)C(C)N. The van der Waals surface area contributed by atoms with Gasteiger partial charge in [-0.15, -0.1) is 0 Å². The number of ether oxygens (including phenoxy) is 2. The summed E-state index contributed by atoms with van der Waals surface area (Å²) in [5.41, 5.74) is 6.97. The van der Waals surface area contributed by atoms with Crippen molar-refractivity contribution >= 4 is 11.6 Å². The van der Waals surface area contributed by atoms with Crippen LogP contribution in [0.3, 0.4) is 0 Å². The van der Waals surface area contributed by atoms with E-state index >= 15 is 0 Å². The van der Waals surface area contributed by atoms with E-state index < -0.39 is 0 Å². The second kappa shape index (κ2) is 7.67. The summed E-state index contributed by atoms with van der Waals surface area (Å²) in [7, 11) is 0. The summed E-state index contributed by atoms with van der Waals surface area (Å²) in [6.07, 6.45) is -0.118. The Kier molecular flexibility index (Phi) is 6.52. The van der Waals surface area contributed by atoms with Crippen LogP contribution in [0.4, 0.5) is 0 Å². The zero-order valence-corrected chi connectivity index (χ0v) is 11.1. The van der Waals surface area contributed by atoms with E-state index in [2.05, 4.69) is 0 Å². The lowest BCUT2D eigenvalue weighted by atomic mass is 10.0. The standard InChI is InChI=1S/C13H20ClNO2/c1-3-16-8-9-17-13(10(2)15)11-4-6-12(14)7-5-11/h4-7,10,13H,3,8-9,15H2,1-2H3. The number of hydrogen-bond acceptors (Lipinski definition) is 3. The Labute approximate surface area is 108 Å². The predicted molar refractivity (Wildman–Crippen MR) is 70.3 cm³/mol. The second-order valence-corrected chi connectivity index (χ2v) is 4.34. The number of hydrogen-bond donors (Lipinski definition) is 1. The van der Waals surface area contributed by atoms with Crippen LogP contribution < -0.4 is 5.73 Å². The van der Waals surface area contributed by atoms with Crippen molar-refractivity contribution in [3.8, 4) is 0 Å². The van der Waals surface area contributed by atoms with E-state index in [-0.39, 0.29) is 12.1 Å². The van der Waals surface area contributed by atoms with Crippen molar-refractivity contribution in [2.24, 2.45) is 5.73 Å². The van der Waals surface area contributed by atoms with Gasteiger partial charge in [0.1, 0.15) is 0 Å². The molecule has 2 unspecified atom stereocenters. The van der Waals surface area contributed by atoms with Crippen LogP contribution in [-0.4, -0.2) is 25.9 Å². The maximum atomic E-state index is 5.92. The Balaban J connectivity index is 2.56. The van der Waals surface area contributed by atoms with E-state index in [9.17, 15) is 0 Å². The van der Waals surface area contributed by atoms with Gasteiger partial charge in [-0.25, -0.2) is 0 Å². The van der Waals surface area contributed by atoms with Gasteiger partial charge in [-0.05, 0) is 31.5 Å². The van der Waals surface area contributed by atoms with Crippen molar-refractivity contribution in [2.45, 2.75) is 26.0 Å². The number of halogens is 1. The lowest BCUT2D eigenvalue weighted by Crippen LogP contribution is -2.28. The van der Waals surface area contributed by atoms with Crippen LogP contribution in [0.5, 0.6) is 0 Å². The maximum absolute atomic E-state index is 5.92. The minimum atomic E-state index is -0.118. The first-order valence-electron chi connectivity index (χ1n) is 5.85. The largest absolute Gasteiger partial charge is 0.379 e. The van der Waals surface area contributed by atoms with Crippen LogP contribution in [0.1, 0.15) is 25.5 Å². The first-order chi connectivity index (χ1) is 8.15. The van der Waals surface area contributed by atoms with Gasteiger partial charge in [-0.3, -0.25) is 0 Å². The van der Waals surface area contributed by atoms with Gasteiger partial charge in [-0.1, -0.05) is 23.7 Å². The normalized spacial score (nSPS) is 14.6. The van der Waals surface area contributed by atoms with Gasteiger partial charge in [-0.2, -0.15) is 0 Å². The molecule has 0 aromatic heterocycles. The molecule has 0 aliphatic heterocycles. The smallest absolute Gasteiger partial charge is 0.0974 e. The summed E-state index contributed by atoms with van der Waals surface area (Å²) in [6.45, 7) is 5.73. The zero-order valence-electron chi connectivity index (χ0n) is 10.4. The summed E-state index contributed by atoms with van der Waals surface area (Å²) in [5.74, 6) is 0. The molecule has 0 saturated heterocycles. The molecule has 0 heterocycles. The Morgan fingerprint density at radius 3 is 2.41 bits per heavy atom. The van der Waals surface area contributed by atoms with E-state index in [4.69, 9.17) is 26.8 Å². The van der Waals surface area contributed by atoms with E-state index in [1.165, 1.54) is 0 Å². The lowest BCUT2D eigenvalue weighted by molar-refractivity contribution is -0.00242. The van der Waals surface area contributed by atoms with Gasteiger partial charge in [0.25, 0.3) is 0 Å². The molecule has 2 N–H and O–H groups in total. The molecule has 2 atom stereocenters. The zero-order chi connectivity index (χ0) is 12.7. The molecule has 4 heteroatoms. The molecule has 1 aromatic rings. The van der Waals surface area contributed by atoms with Crippen LogP contribution in [0.15, 0.2) is 24.3 Å². The summed E-state index contributed by atoms with van der Waals surface area (Å²) in [6, 6.07) is 7.50. The van der Waals surface area contributed by atoms with Gasteiger partial charge in [0.05, 0.1) is 19.3 Å². The van der Waals surface area contributed by atoms with Gasteiger partial charge >= 0.3 is 0 Å². The molecule has 17 heavy (non-hydrogen) atoms. The Morgan fingerprint density at radius 1 is 1.24 bits per heavy atom. The fourth-order valence-corrected chi connectivity index (χ4v) is 1.71. The Hall–Kier alpha value is -0.610. The molecule has 3 nitrogen and oxygen atoms in total. The summed E-state index contributed by atoms with van der Waals surface area (Å²) < 4.78 is 11.0. The molecular formula is C13H20ClNO2. The van der Waals surface area contributed by atoms with Gasteiger partial charge in [0, 0.05) is 17.7 Å². The van der Waals surface area contributed by atoms with E-state index in [1.807, 2.05) is 38.1 Å². The van der Waals surface area contributed by atoms with E-state index in [0.29, 0.717) is 24.8 Å². The molecule has 0 radical (unpaired) electrons. The van der Waals surface area contributed by atoms with Gasteiger partial charge in [0.2, 0.25) is 0 Å². The quantitative estimate of drug-likeness (QED) is 0.764.